The molecule has 1 amide bonds. The van der Waals surface area contributed by atoms with Crippen molar-refractivity contribution in [2.75, 3.05) is 7.11 Å². The SMILES string of the molecule is CONC(=NI)NC(=O)c1cccc(C(F)(F)F)c1.Cl. The summed E-state index contributed by atoms with van der Waals surface area (Å²) in [6, 6.07) is 4.06. The van der Waals surface area contributed by atoms with Crippen LogP contribution in [0.4, 0.5) is 13.2 Å². The predicted octanol–water partition coefficient (Wildman–Crippen LogP) is 2.71. The quantitative estimate of drug-likeness (QED) is 0.333. The van der Waals surface area contributed by atoms with Gasteiger partial charge in [0.05, 0.1) is 35.5 Å². The average Bonchev–Trinajstić information content (AvgIpc) is 2.37. The summed E-state index contributed by atoms with van der Waals surface area (Å²) in [5.74, 6) is -0.753. The number of guanidine groups is 1. The molecule has 0 aromatic heterocycles. The van der Waals surface area contributed by atoms with Crippen molar-refractivity contribution in [2.24, 2.45) is 3.21 Å². The number of hydrogen-bond acceptors (Lipinski definition) is 3. The van der Waals surface area contributed by atoms with E-state index >= 15 is 0 Å². The van der Waals surface area contributed by atoms with Crippen molar-refractivity contribution in [2.45, 2.75) is 6.18 Å². The Morgan fingerprint density at radius 3 is 2.55 bits per heavy atom. The third kappa shape index (κ3) is 5.51. The van der Waals surface area contributed by atoms with Gasteiger partial charge in [-0.15, -0.1) is 12.4 Å². The van der Waals surface area contributed by atoms with Gasteiger partial charge >= 0.3 is 6.18 Å². The van der Waals surface area contributed by atoms with Gasteiger partial charge < -0.3 is 0 Å². The van der Waals surface area contributed by atoms with E-state index in [1.165, 1.54) is 13.2 Å². The topological polar surface area (TPSA) is 62.7 Å². The minimum Gasteiger partial charge on any atom is -0.290 e. The van der Waals surface area contributed by atoms with Crippen LogP contribution in [0.3, 0.4) is 0 Å². The normalized spacial score (nSPS) is 11.6. The highest BCUT2D eigenvalue weighted by Crippen LogP contribution is 2.29. The number of halogens is 5. The first-order valence-corrected chi connectivity index (χ1v) is 5.81. The molecule has 1 aromatic rings. The molecule has 0 heterocycles. The number of amides is 1. The smallest absolute Gasteiger partial charge is 0.290 e. The lowest BCUT2D eigenvalue weighted by Gasteiger charge is -2.10. The van der Waals surface area contributed by atoms with E-state index in [4.69, 9.17) is 0 Å². The Balaban J connectivity index is 0.00000361. The number of carbonyl (C=O) groups is 1. The molecule has 0 atom stereocenters. The number of nitrogens with zero attached hydrogens (tertiary/aromatic N) is 1. The molecule has 0 aliphatic rings. The number of hydrogen-bond donors (Lipinski definition) is 2. The van der Waals surface area contributed by atoms with Crippen LogP contribution in [-0.2, 0) is 11.0 Å². The molecule has 2 N–H and O–H groups in total. The van der Waals surface area contributed by atoms with Gasteiger partial charge in [-0.2, -0.15) is 16.4 Å². The Kier molecular flexibility index (Phi) is 7.83. The van der Waals surface area contributed by atoms with Crippen molar-refractivity contribution in [3.8, 4) is 0 Å². The number of benzene rings is 1. The highest BCUT2D eigenvalue weighted by molar-refractivity contribution is 14.1. The minimum absolute atomic E-state index is 0. The largest absolute Gasteiger partial charge is 0.416 e. The molecular formula is C10H10ClF3IN3O2. The van der Waals surface area contributed by atoms with Crippen molar-refractivity contribution in [3.05, 3.63) is 35.4 Å². The summed E-state index contributed by atoms with van der Waals surface area (Å²) < 4.78 is 41.1. The van der Waals surface area contributed by atoms with Gasteiger partial charge in [0.2, 0.25) is 5.96 Å². The Morgan fingerprint density at radius 2 is 2.05 bits per heavy atom. The van der Waals surface area contributed by atoms with Gasteiger partial charge in [-0.1, -0.05) is 6.07 Å². The van der Waals surface area contributed by atoms with Crippen molar-refractivity contribution in [1.29, 1.82) is 0 Å². The zero-order valence-electron chi connectivity index (χ0n) is 9.99. The average molecular weight is 424 g/mol. The first-order chi connectivity index (χ1) is 8.88. The molecule has 112 valence electrons. The van der Waals surface area contributed by atoms with E-state index in [0.29, 0.717) is 0 Å². The van der Waals surface area contributed by atoms with Crippen LogP contribution in [0, 0.1) is 0 Å². The van der Waals surface area contributed by atoms with Crippen LogP contribution in [-0.4, -0.2) is 19.0 Å². The highest BCUT2D eigenvalue weighted by Gasteiger charge is 2.30. The molecule has 1 aromatic carbocycles. The number of alkyl halides is 3. The van der Waals surface area contributed by atoms with Gasteiger partial charge in [-0.25, -0.2) is 5.48 Å². The van der Waals surface area contributed by atoms with Crippen LogP contribution in [0.2, 0.25) is 0 Å². The standard InChI is InChI=1S/C10H9F3IN3O2.ClH/c1-19-17-9(16-14)15-8(18)6-3-2-4-7(5-6)10(11,12)13;/h2-5H,1H3,(H2,15,16,17,18);1H. The minimum atomic E-state index is -4.50. The van der Waals surface area contributed by atoms with E-state index in [0.717, 1.165) is 18.2 Å². The Hall–Kier alpha value is -1.07. The number of carbonyl (C=O) groups excluding carboxylic acids is 1. The second-order valence-electron chi connectivity index (χ2n) is 3.27. The summed E-state index contributed by atoms with van der Waals surface area (Å²) in [6.45, 7) is 0. The van der Waals surface area contributed by atoms with E-state index in [2.05, 4.69) is 18.8 Å². The summed E-state index contributed by atoms with van der Waals surface area (Å²) in [6.07, 6.45) is -4.50. The lowest BCUT2D eigenvalue weighted by Crippen LogP contribution is -2.40. The molecule has 1 rings (SSSR count). The molecule has 0 fully saturated rings. The van der Waals surface area contributed by atoms with E-state index in [1.807, 2.05) is 0 Å². The second-order valence-corrected chi connectivity index (χ2v) is 3.75. The van der Waals surface area contributed by atoms with E-state index in [9.17, 15) is 18.0 Å². The van der Waals surface area contributed by atoms with Crippen molar-refractivity contribution in [3.63, 3.8) is 0 Å². The molecule has 0 saturated carbocycles. The molecule has 0 aliphatic carbocycles. The molecule has 10 heteroatoms. The van der Waals surface area contributed by atoms with Gasteiger partial charge in [0.15, 0.2) is 0 Å². The fourth-order valence-corrected chi connectivity index (χ4v) is 1.40. The van der Waals surface area contributed by atoms with Crippen LogP contribution in [0.5, 0.6) is 0 Å². The van der Waals surface area contributed by atoms with Gasteiger partial charge in [-0.05, 0) is 18.2 Å². The third-order valence-corrected chi connectivity index (χ3v) is 2.45. The number of hydroxylamine groups is 1. The van der Waals surface area contributed by atoms with Gasteiger partial charge in [-0.3, -0.25) is 14.9 Å². The van der Waals surface area contributed by atoms with Crippen LogP contribution >= 0.6 is 35.3 Å². The first kappa shape index (κ1) is 18.9. The van der Waals surface area contributed by atoms with Crippen molar-refractivity contribution in [1.82, 2.24) is 10.8 Å². The van der Waals surface area contributed by atoms with Crippen LogP contribution in [0.15, 0.2) is 27.5 Å². The maximum Gasteiger partial charge on any atom is 0.416 e. The van der Waals surface area contributed by atoms with Gasteiger partial charge in [0.1, 0.15) is 0 Å². The van der Waals surface area contributed by atoms with E-state index in [1.54, 1.807) is 22.9 Å². The summed E-state index contributed by atoms with van der Waals surface area (Å²) in [5.41, 5.74) is 1.24. The number of rotatable bonds is 2. The van der Waals surface area contributed by atoms with Gasteiger partial charge in [0.25, 0.3) is 5.91 Å². The summed E-state index contributed by atoms with van der Waals surface area (Å²) >= 11 is 1.60. The summed E-state index contributed by atoms with van der Waals surface area (Å²) in [7, 11) is 1.30. The van der Waals surface area contributed by atoms with Gasteiger partial charge in [0, 0.05) is 5.56 Å². The zero-order chi connectivity index (χ0) is 14.5. The molecule has 0 unspecified atom stereocenters. The Bertz CT molecular complexity index is 497. The van der Waals surface area contributed by atoms with Crippen molar-refractivity contribution >= 4 is 47.1 Å². The lowest BCUT2D eigenvalue weighted by molar-refractivity contribution is -0.137. The van der Waals surface area contributed by atoms with Crippen LogP contribution < -0.4 is 10.8 Å². The predicted molar refractivity (Wildman–Crippen MR) is 77.8 cm³/mol. The zero-order valence-corrected chi connectivity index (χ0v) is 13.0. The molecule has 0 aliphatic heterocycles. The fraction of sp³-hybridized carbons (Fsp3) is 0.200. The molecule has 0 bridgehead atoms. The van der Waals surface area contributed by atoms with E-state index in [-0.39, 0.29) is 23.9 Å². The first-order valence-electron chi connectivity index (χ1n) is 4.85. The van der Waals surface area contributed by atoms with Crippen LogP contribution in [0.25, 0.3) is 0 Å². The summed E-state index contributed by atoms with van der Waals surface area (Å²) in [4.78, 5) is 16.2. The maximum atomic E-state index is 12.5. The highest BCUT2D eigenvalue weighted by atomic mass is 127. The Morgan fingerprint density at radius 1 is 1.40 bits per heavy atom. The van der Waals surface area contributed by atoms with E-state index < -0.39 is 17.6 Å². The molecule has 20 heavy (non-hydrogen) atoms. The number of nitrogens with one attached hydrogen (secondary N) is 2. The third-order valence-electron chi connectivity index (χ3n) is 1.97. The lowest BCUT2D eigenvalue weighted by atomic mass is 10.1. The Labute approximate surface area is 132 Å². The van der Waals surface area contributed by atoms with Crippen molar-refractivity contribution < 1.29 is 22.8 Å². The van der Waals surface area contributed by atoms with Crippen LogP contribution in [0.1, 0.15) is 15.9 Å². The summed E-state index contributed by atoms with van der Waals surface area (Å²) in [5, 5.41) is 2.26. The molecule has 0 saturated heterocycles. The monoisotopic (exact) mass is 423 g/mol. The fourth-order valence-electron chi connectivity index (χ4n) is 1.18. The molecule has 0 spiro atoms. The molecule has 5 nitrogen and oxygen atoms in total. The molecular weight excluding hydrogens is 413 g/mol. The molecule has 0 radical (unpaired) electrons. The maximum absolute atomic E-state index is 12.5. The second kappa shape index (κ2) is 8.27.